The summed E-state index contributed by atoms with van der Waals surface area (Å²) >= 11 is 0. The van der Waals surface area contributed by atoms with Crippen LogP contribution in [0.3, 0.4) is 0 Å². The lowest BCUT2D eigenvalue weighted by Gasteiger charge is -2.11. The Morgan fingerprint density at radius 2 is 1.57 bits per heavy atom. The predicted molar refractivity (Wildman–Crippen MR) is 50.5 cm³/mol. The number of furan rings is 1. The van der Waals surface area contributed by atoms with Crippen LogP contribution in [0.1, 0.15) is 40.3 Å². The van der Waals surface area contributed by atoms with Crippen LogP contribution in [0.5, 0.6) is 0 Å². The number of hydrogen-bond acceptors (Lipinski definition) is 3. The molecule has 0 aliphatic heterocycles. The van der Waals surface area contributed by atoms with Crippen molar-refractivity contribution < 1.29 is 14.0 Å². The molecular formula is C11H10O3. The molecule has 0 saturated heterocycles. The third-order valence-corrected chi connectivity index (χ3v) is 2.65. The summed E-state index contributed by atoms with van der Waals surface area (Å²) in [6.45, 7) is 5.09. The van der Waals surface area contributed by atoms with Gasteiger partial charge in [0, 0.05) is 11.1 Å². The van der Waals surface area contributed by atoms with E-state index in [9.17, 15) is 9.59 Å². The van der Waals surface area contributed by atoms with Gasteiger partial charge < -0.3 is 4.42 Å². The molecule has 0 unspecified atom stereocenters. The second-order valence-electron chi connectivity index (χ2n) is 3.53. The quantitative estimate of drug-likeness (QED) is 0.630. The van der Waals surface area contributed by atoms with Gasteiger partial charge in [-0.2, -0.15) is 0 Å². The van der Waals surface area contributed by atoms with Gasteiger partial charge >= 0.3 is 0 Å². The Labute approximate surface area is 81.4 Å². The molecule has 0 amide bonds. The number of carbonyl (C=O) groups is 2. The van der Waals surface area contributed by atoms with Crippen molar-refractivity contribution in [3.63, 3.8) is 0 Å². The van der Waals surface area contributed by atoms with Crippen LogP contribution < -0.4 is 0 Å². The fourth-order valence-corrected chi connectivity index (χ4v) is 1.59. The van der Waals surface area contributed by atoms with E-state index in [0.29, 0.717) is 16.7 Å². The lowest BCUT2D eigenvalue weighted by atomic mass is 9.89. The SMILES string of the molecule is CC1=C(C)C(=O)c2c(C)coc2C1=O. The van der Waals surface area contributed by atoms with Crippen molar-refractivity contribution in [2.45, 2.75) is 20.8 Å². The number of aryl methyl sites for hydroxylation is 1. The summed E-state index contributed by atoms with van der Waals surface area (Å²) in [6, 6.07) is 0. The monoisotopic (exact) mass is 190 g/mol. The second-order valence-corrected chi connectivity index (χ2v) is 3.53. The van der Waals surface area contributed by atoms with E-state index >= 15 is 0 Å². The maximum Gasteiger partial charge on any atom is 0.225 e. The van der Waals surface area contributed by atoms with Crippen LogP contribution in [0, 0.1) is 6.92 Å². The summed E-state index contributed by atoms with van der Waals surface area (Å²) in [5, 5.41) is 0. The fraction of sp³-hybridized carbons (Fsp3) is 0.273. The molecule has 1 aromatic heterocycles. The molecule has 0 spiro atoms. The Hall–Kier alpha value is -1.64. The summed E-state index contributed by atoms with van der Waals surface area (Å²) in [7, 11) is 0. The predicted octanol–water partition coefficient (Wildman–Crippen LogP) is 2.30. The van der Waals surface area contributed by atoms with Gasteiger partial charge in [-0.05, 0) is 26.3 Å². The topological polar surface area (TPSA) is 47.3 Å². The molecule has 0 radical (unpaired) electrons. The third-order valence-electron chi connectivity index (χ3n) is 2.65. The second kappa shape index (κ2) is 2.67. The van der Waals surface area contributed by atoms with E-state index in [2.05, 4.69) is 0 Å². The summed E-state index contributed by atoms with van der Waals surface area (Å²) < 4.78 is 5.08. The Bertz CT molecular complexity index is 475. The first-order valence-corrected chi connectivity index (χ1v) is 4.39. The average Bonchev–Trinajstić information content (AvgIpc) is 2.54. The number of fused-ring (bicyclic) bond motifs is 1. The van der Waals surface area contributed by atoms with Gasteiger partial charge in [0.05, 0.1) is 11.8 Å². The molecule has 0 aromatic carbocycles. The zero-order chi connectivity index (χ0) is 10.5. The highest BCUT2D eigenvalue weighted by Crippen LogP contribution is 2.29. The van der Waals surface area contributed by atoms with Gasteiger partial charge in [-0.25, -0.2) is 0 Å². The molecule has 0 fully saturated rings. The van der Waals surface area contributed by atoms with Crippen molar-refractivity contribution in [3.05, 3.63) is 34.3 Å². The molecule has 0 bridgehead atoms. The molecule has 0 saturated carbocycles. The molecule has 3 nitrogen and oxygen atoms in total. The van der Waals surface area contributed by atoms with E-state index in [1.54, 1.807) is 20.8 Å². The molecule has 1 aromatic rings. The van der Waals surface area contributed by atoms with Gasteiger partial charge in [0.2, 0.25) is 5.78 Å². The minimum absolute atomic E-state index is 0.0941. The van der Waals surface area contributed by atoms with Gasteiger partial charge in [0.1, 0.15) is 0 Å². The fourth-order valence-electron chi connectivity index (χ4n) is 1.59. The largest absolute Gasteiger partial charge is 0.460 e. The Morgan fingerprint density at radius 3 is 2.21 bits per heavy atom. The molecule has 1 heterocycles. The molecule has 2 rings (SSSR count). The maximum atomic E-state index is 11.8. The molecule has 0 N–H and O–H groups in total. The highest BCUT2D eigenvalue weighted by Gasteiger charge is 2.31. The number of hydrogen-bond donors (Lipinski definition) is 0. The van der Waals surface area contributed by atoms with Crippen LogP contribution in [-0.2, 0) is 0 Å². The van der Waals surface area contributed by atoms with Gasteiger partial charge in [-0.3, -0.25) is 9.59 Å². The van der Waals surface area contributed by atoms with Crippen molar-refractivity contribution in [2.75, 3.05) is 0 Å². The smallest absolute Gasteiger partial charge is 0.225 e. The summed E-state index contributed by atoms with van der Waals surface area (Å²) in [5.74, 6) is -0.0795. The zero-order valence-electron chi connectivity index (χ0n) is 8.30. The van der Waals surface area contributed by atoms with Crippen molar-refractivity contribution in [3.8, 4) is 0 Å². The van der Waals surface area contributed by atoms with Crippen LogP contribution in [0.4, 0.5) is 0 Å². The van der Waals surface area contributed by atoms with Gasteiger partial charge in [0.15, 0.2) is 11.5 Å². The van der Waals surface area contributed by atoms with E-state index in [-0.39, 0.29) is 17.3 Å². The standard InChI is InChI=1S/C11H10O3/c1-5-4-14-11-8(5)9(12)6(2)7(3)10(11)13/h4H,1-3H3. The van der Waals surface area contributed by atoms with E-state index in [1.807, 2.05) is 0 Å². The Morgan fingerprint density at radius 1 is 1.00 bits per heavy atom. The first-order chi connectivity index (χ1) is 6.54. The van der Waals surface area contributed by atoms with E-state index in [4.69, 9.17) is 4.42 Å². The molecule has 0 atom stereocenters. The van der Waals surface area contributed by atoms with E-state index < -0.39 is 0 Å². The summed E-state index contributed by atoms with van der Waals surface area (Å²) in [4.78, 5) is 23.5. The van der Waals surface area contributed by atoms with Crippen LogP contribution >= 0.6 is 0 Å². The van der Waals surface area contributed by atoms with Crippen molar-refractivity contribution in [2.24, 2.45) is 0 Å². The molecular weight excluding hydrogens is 180 g/mol. The van der Waals surface area contributed by atoms with Crippen molar-refractivity contribution in [1.29, 1.82) is 0 Å². The number of allylic oxidation sites excluding steroid dienone is 2. The zero-order valence-corrected chi connectivity index (χ0v) is 8.30. The molecule has 14 heavy (non-hydrogen) atoms. The molecule has 1 aliphatic carbocycles. The number of carbonyl (C=O) groups excluding carboxylic acids is 2. The number of rotatable bonds is 0. The lowest BCUT2D eigenvalue weighted by molar-refractivity contribution is 0.0956. The van der Waals surface area contributed by atoms with Crippen molar-refractivity contribution in [1.82, 2.24) is 0 Å². The van der Waals surface area contributed by atoms with Crippen LogP contribution in [0.25, 0.3) is 0 Å². The minimum atomic E-state index is -0.176. The lowest BCUT2D eigenvalue weighted by Crippen LogP contribution is -2.18. The highest BCUT2D eigenvalue weighted by atomic mass is 16.3. The number of ketones is 2. The van der Waals surface area contributed by atoms with E-state index in [0.717, 1.165) is 5.56 Å². The van der Waals surface area contributed by atoms with Crippen LogP contribution in [0.2, 0.25) is 0 Å². The van der Waals surface area contributed by atoms with Crippen LogP contribution in [0.15, 0.2) is 21.8 Å². The van der Waals surface area contributed by atoms with Gasteiger partial charge in [-0.1, -0.05) is 0 Å². The highest BCUT2D eigenvalue weighted by molar-refractivity contribution is 6.25. The summed E-state index contributed by atoms with van der Waals surface area (Å²) in [6.07, 6.45) is 1.45. The number of Topliss-reactive ketones (excluding diaryl/α,β-unsaturated/α-hetero) is 2. The normalized spacial score (nSPS) is 16.2. The molecule has 72 valence electrons. The van der Waals surface area contributed by atoms with E-state index in [1.165, 1.54) is 6.26 Å². The first kappa shape index (κ1) is 8.94. The Kier molecular flexibility index (Phi) is 1.71. The average molecular weight is 190 g/mol. The minimum Gasteiger partial charge on any atom is -0.460 e. The molecule has 1 aliphatic rings. The Balaban J connectivity index is 2.75. The molecule has 3 heteroatoms. The van der Waals surface area contributed by atoms with Crippen molar-refractivity contribution >= 4 is 11.6 Å². The van der Waals surface area contributed by atoms with Gasteiger partial charge in [0.25, 0.3) is 0 Å². The maximum absolute atomic E-state index is 11.8. The first-order valence-electron chi connectivity index (χ1n) is 4.39. The van der Waals surface area contributed by atoms with Gasteiger partial charge in [-0.15, -0.1) is 0 Å². The van der Waals surface area contributed by atoms with Crippen LogP contribution in [-0.4, -0.2) is 11.6 Å². The third kappa shape index (κ3) is 0.923. The summed E-state index contributed by atoms with van der Waals surface area (Å²) in [5.41, 5.74) is 2.16.